The van der Waals surface area contributed by atoms with Gasteiger partial charge in [0.25, 0.3) is 5.91 Å². The van der Waals surface area contributed by atoms with Crippen molar-refractivity contribution in [3.63, 3.8) is 0 Å². The van der Waals surface area contributed by atoms with E-state index in [4.69, 9.17) is 25.8 Å². The van der Waals surface area contributed by atoms with Gasteiger partial charge in [-0.3, -0.25) is 4.79 Å². The molecule has 1 amide bonds. The molecule has 8 nitrogen and oxygen atoms in total. The number of carbonyl (C=O) groups is 1. The van der Waals surface area contributed by atoms with Crippen molar-refractivity contribution in [1.82, 2.24) is 4.72 Å². The SMILES string of the molecule is COCCO[C@H]1/C=C/C[C@H](C)[C@@H](C(C)C)S(=O)(=O)NC(=O)c2ccc3c(c2)N(C[C@@H]2CC[C@H]21)C[C@@]1(CCCc2cc(Cl)ccc21)CO3. The summed E-state index contributed by atoms with van der Waals surface area (Å²) in [5.74, 6) is 0.381. The lowest BCUT2D eigenvalue weighted by atomic mass is 9.68. The summed E-state index contributed by atoms with van der Waals surface area (Å²) >= 11 is 6.44. The largest absolute Gasteiger partial charge is 0.490 e. The van der Waals surface area contributed by atoms with Gasteiger partial charge in [-0.1, -0.05) is 50.6 Å². The number of hydrogen-bond acceptors (Lipinski definition) is 7. The zero-order valence-corrected chi connectivity index (χ0v) is 29.6. The first-order valence-electron chi connectivity index (χ1n) is 17.2. The maximum atomic E-state index is 13.8. The summed E-state index contributed by atoms with van der Waals surface area (Å²) < 4.78 is 48.3. The van der Waals surface area contributed by atoms with E-state index in [1.165, 1.54) is 11.1 Å². The Bertz CT molecular complexity index is 1600. The zero-order chi connectivity index (χ0) is 33.3. The highest BCUT2D eigenvalue weighted by Gasteiger charge is 2.45. The first-order valence-corrected chi connectivity index (χ1v) is 19.1. The second-order valence-electron chi connectivity index (χ2n) is 14.4. The fourth-order valence-corrected chi connectivity index (χ4v) is 10.7. The van der Waals surface area contributed by atoms with Gasteiger partial charge in [-0.2, -0.15) is 0 Å². The Hall–Kier alpha value is -2.59. The van der Waals surface area contributed by atoms with E-state index in [9.17, 15) is 13.2 Å². The summed E-state index contributed by atoms with van der Waals surface area (Å²) in [7, 11) is -2.30. The number of nitrogens with one attached hydrogen (secondary N) is 1. The third-order valence-electron chi connectivity index (χ3n) is 10.9. The van der Waals surface area contributed by atoms with E-state index in [-0.39, 0.29) is 23.4 Å². The molecule has 0 saturated heterocycles. The van der Waals surface area contributed by atoms with Crippen molar-refractivity contribution in [3.05, 3.63) is 70.3 Å². The number of anilines is 1. The van der Waals surface area contributed by atoms with Crippen LogP contribution < -0.4 is 14.4 Å². The van der Waals surface area contributed by atoms with E-state index in [1.54, 1.807) is 13.2 Å². The Balaban J connectivity index is 1.42. The standard InChI is InChI=1S/C37H49ClN2O6S/c1-24(2)35-25(3)7-5-9-33(45-18-17-44-4)30-13-10-28(30)21-40-22-37(16-6-8-26-19-29(38)12-14-31(26)37)23-46-34-15-11-27(20-32(34)40)36(41)39-47(35,42)43/h5,9,11-12,14-15,19-20,24-25,28,30,33,35H,6-8,10,13,16-18,21-23H2,1-4H3,(H,39,41)/b9-5+/t25-,28-,30+,33-,35+,37-/m0/s1. The van der Waals surface area contributed by atoms with Gasteiger partial charge in [-0.15, -0.1) is 0 Å². The molecule has 2 aliphatic carbocycles. The van der Waals surface area contributed by atoms with Gasteiger partial charge in [0, 0.05) is 36.2 Å². The second kappa shape index (κ2) is 14.1. The first-order chi connectivity index (χ1) is 22.5. The molecule has 0 aromatic heterocycles. The molecule has 1 N–H and O–H groups in total. The molecule has 2 bridgehead atoms. The molecule has 6 atom stereocenters. The van der Waals surface area contributed by atoms with Crippen LogP contribution in [-0.2, 0) is 31.3 Å². The molecule has 256 valence electrons. The van der Waals surface area contributed by atoms with Gasteiger partial charge in [-0.25, -0.2) is 13.1 Å². The number of ether oxygens (including phenoxy) is 3. The fourth-order valence-electron chi connectivity index (χ4n) is 8.52. The third-order valence-corrected chi connectivity index (χ3v) is 13.3. The highest BCUT2D eigenvalue weighted by Crippen LogP contribution is 2.47. The molecule has 2 aromatic carbocycles. The molecule has 4 aliphatic rings. The van der Waals surface area contributed by atoms with Crippen molar-refractivity contribution < 1.29 is 27.4 Å². The van der Waals surface area contributed by atoms with E-state index >= 15 is 0 Å². The molecule has 10 heteroatoms. The minimum absolute atomic E-state index is 0.0987. The topological polar surface area (TPSA) is 94.2 Å². The molecular formula is C37H49ClN2O6S. The highest BCUT2D eigenvalue weighted by atomic mass is 35.5. The Labute approximate surface area is 285 Å². The molecule has 1 fully saturated rings. The molecule has 1 spiro atoms. The third kappa shape index (κ3) is 7.10. The summed E-state index contributed by atoms with van der Waals surface area (Å²) in [6.45, 7) is 8.75. The lowest BCUT2D eigenvalue weighted by Gasteiger charge is -2.46. The van der Waals surface area contributed by atoms with Crippen LogP contribution in [0, 0.1) is 23.7 Å². The van der Waals surface area contributed by atoms with Gasteiger partial charge in [0.05, 0.1) is 36.9 Å². The van der Waals surface area contributed by atoms with E-state index in [0.29, 0.717) is 49.4 Å². The van der Waals surface area contributed by atoms with Crippen molar-refractivity contribution in [1.29, 1.82) is 0 Å². The minimum Gasteiger partial charge on any atom is -0.490 e. The number of fused-ring (bicyclic) bond motifs is 4. The molecule has 0 unspecified atom stereocenters. The van der Waals surface area contributed by atoms with Crippen LogP contribution >= 0.6 is 11.6 Å². The lowest BCUT2D eigenvalue weighted by molar-refractivity contribution is -0.0309. The lowest BCUT2D eigenvalue weighted by Crippen LogP contribution is -2.49. The van der Waals surface area contributed by atoms with Gasteiger partial charge in [0.15, 0.2) is 0 Å². The number of allylic oxidation sites excluding steroid dienone is 1. The molecular weight excluding hydrogens is 636 g/mol. The van der Waals surface area contributed by atoms with Crippen molar-refractivity contribution in [2.24, 2.45) is 23.7 Å². The summed E-state index contributed by atoms with van der Waals surface area (Å²) in [4.78, 5) is 16.1. The number of halogens is 1. The van der Waals surface area contributed by atoms with Crippen LogP contribution in [0.4, 0.5) is 5.69 Å². The predicted molar refractivity (Wildman–Crippen MR) is 186 cm³/mol. The molecule has 1 saturated carbocycles. The minimum atomic E-state index is -3.97. The molecule has 6 rings (SSSR count). The van der Waals surface area contributed by atoms with Gasteiger partial charge < -0.3 is 19.1 Å². The number of rotatable bonds is 5. The van der Waals surface area contributed by atoms with Crippen LogP contribution in [-0.4, -0.2) is 65.7 Å². The fraction of sp³-hybridized carbons (Fsp3) is 0.595. The predicted octanol–water partition coefficient (Wildman–Crippen LogP) is 6.55. The molecule has 2 aliphatic heterocycles. The Morgan fingerprint density at radius 2 is 1.98 bits per heavy atom. The number of hydrogen-bond donors (Lipinski definition) is 1. The van der Waals surface area contributed by atoms with Crippen LogP contribution in [0.5, 0.6) is 5.75 Å². The monoisotopic (exact) mass is 684 g/mol. The van der Waals surface area contributed by atoms with Crippen molar-refractivity contribution in [2.45, 2.75) is 76.1 Å². The van der Waals surface area contributed by atoms with E-state index in [0.717, 1.165) is 55.9 Å². The summed E-state index contributed by atoms with van der Waals surface area (Å²) in [5.41, 5.74) is 3.43. The van der Waals surface area contributed by atoms with Crippen molar-refractivity contribution >= 4 is 33.2 Å². The van der Waals surface area contributed by atoms with Crippen LogP contribution in [0.25, 0.3) is 0 Å². The zero-order valence-electron chi connectivity index (χ0n) is 28.0. The second-order valence-corrected chi connectivity index (χ2v) is 16.7. The number of methoxy groups -OCH3 is 1. The molecule has 2 aromatic rings. The van der Waals surface area contributed by atoms with Crippen LogP contribution in [0.15, 0.2) is 48.6 Å². The Morgan fingerprint density at radius 1 is 1.15 bits per heavy atom. The summed E-state index contributed by atoms with van der Waals surface area (Å²) in [6.07, 6.45) is 9.81. The van der Waals surface area contributed by atoms with E-state index in [1.807, 2.05) is 39.0 Å². The highest BCUT2D eigenvalue weighted by molar-refractivity contribution is 7.90. The van der Waals surface area contributed by atoms with Gasteiger partial charge in [0.2, 0.25) is 10.0 Å². The number of carbonyl (C=O) groups excluding carboxylic acids is 1. The van der Waals surface area contributed by atoms with Crippen LogP contribution in [0.3, 0.4) is 0 Å². The van der Waals surface area contributed by atoms with Gasteiger partial charge in [0.1, 0.15) is 5.75 Å². The number of amides is 1. The number of benzene rings is 2. The average Bonchev–Trinajstić information content (AvgIpc) is 3.15. The number of nitrogens with zero attached hydrogens (tertiary/aromatic N) is 1. The van der Waals surface area contributed by atoms with Gasteiger partial charge in [-0.05, 0) is 104 Å². The number of sulfonamides is 1. The normalized spacial score (nSPS) is 31.1. The van der Waals surface area contributed by atoms with Crippen LogP contribution in [0.1, 0.15) is 74.4 Å². The molecule has 0 radical (unpaired) electrons. The van der Waals surface area contributed by atoms with E-state index in [2.05, 4.69) is 33.9 Å². The Kier molecular flexibility index (Phi) is 10.3. The number of aryl methyl sites for hydroxylation is 1. The molecule has 2 heterocycles. The van der Waals surface area contributed by atoms with Crippen molar-refractivity contribution in [2.75, 3.05) is 44.9 Å². The summed E-state index contributed by atoms with van der Waals surface area (Å²) in [6, 6.07) is 11.6. The maximum absolute atomic E-state index is 13.8. The summed E-state index contributed by atoms with van der Waals surface area (Å²) in [5, 5.41) is 0.00179. The molecule has 47 heavy (non-hydrogen) atoms. The average molecular weight is 685 g/mol. The first kappa shape index (κ1) is 34.3. The van der Waals surface area contributed by atoms with Gasteiger partial charge >= 0.3 is 0 Å². The van der Waals surface area contributed by atoms with E-state index < -0.39 is 21.2 Å². The van der Waals surface area contributed by atoms with Crippen LogP contribution in [0.2, 0.25) is 5.02 Å². The van der Waals surface area contributed by atoms with Crippen molar-refractivity contribution in [3.8, 4) is 5.75 Å². The smallest absolute Gasteiger partial charge is 0.264 e. The quantitative estimate of drug-likeness (QED) is 0.282. The maximum Gasteiger partial charge on any atom is 0.264 e. The Morgan fingerprint density at radius 3 is 2.72 bits per heavy atom.